The molecule has 1 atom stereocenters. The molecule has 0 saturated heterocycles. The van der Waals surface area contributed by atoms with Crippen molar-refractivity contribution in [2.75, 3.05) is 13.6 Å². The van der Waals surface area contributed by atoms with Gasteiger partial charge in [0.15, 0.2) is 5.76 Å². The third-order valence-electron chi connectivity index (χ3n) is 4.97. The molecule has 9 heteroatoms. The summed E-state index contributed by atoms with van der Waals surface area (Å²) >= 11 is 0. The van der Waals surface area contributed by atoms with Gasteiger partial charge >= 0.3 is 5.97 Å². The van der Waals surface area contributed by atoms with Gasteiger partial charge in [-0.05, 0) is 29.8 Å². The fraction of sp³-hybridized carbons (Fsp3) is 0.217. The number of furan rings is 1. The lowest BCUT2D eigenvalue weighted by atomic mass is 10.0. The zero-order valence-corrected chi connectivity index (χ0v) is 17.5. The van der Waals surface area contributed by atoms with Crippen LogP contribution < -0.4 is 11.1 Å². The SMILES string of the molecule is CN(CCC(=O)NC(CC(=O)O)c1ccccc1)C(=O)c1cc2cc(C(=N)N)ccc2o1. The van der Waals surface area contributed by atoms with Gasteiger partial charge in [-0.1, -0.05) is 30.3 Å². The van der Waals surface area contributed by atoms with Gasteiger partial charge in [0.25, 0.3) is 5.91 Å². The fourth-order valence-corrected chi connectivity index (χ4v) is 3.25. The molecule has 166 valence electrons. The number of amides is 2. The highest BCUT2D eigenvalue weighted by atomic mass is 16.4. The van der Waals surface area contributed by atoms with Crippen molar-refractivity contribution in [2.45, 2.75) is 18.9 Å². The summed E-state index contributed by atoms with van der Waals surface area (Å²) in [5, 5.41) is 20.0. The molecule has 2 aromatic carbocycles. The predicted molar refractivity (Wildman–Crippen MR) is 118 cm³/mol. The van der Waals surface area contributed by atoms with Gasteiger partial charge in [0.05, 0.1) is 12.5 Å². The van der Waals surface area contributed by atoms with Gasteiger partial charge in [-0.2, -0.15) is 0 Å². The number of aliphatic carboxylic acids is 1. The molecule has 0 saturated carbocycles. The standard InChI is InChI=1S/C23H24N4O5/c1-27(23(31)19-12-16-11-15(22(24)25)7-8-18(16)32-19)10-9-20(28)26-17(13-21(29)30)14-5-3-2-4-6-14/h2-8,11-12,17H,9-10,13H2,1H3,(H3,24,25)(H,26,28)(H,29,30). The normalized spacial score (nSPS) is 11.7. The van der Waals surface area contributed by atoms with Crippen molar-refractivity contribution in [2.24, 2.45) is 5.73 Å². The number of nitrogens with two attached hydrogens (primary N) is 1. The van der Waals surface area contributed by atoms with E-state index >= 15 is 0 Å². The zero-order valence-electron chi connectivity index (χ0n) is 17.5. The van der Waals surface area contributed by atoms with Crippen molar-refractivity contribution in [3.63, 3.8) is 0 Å². The molecule has 9 nitrogen and oxygen atoms in total. The van der Waals surface area contributed by atoms with Crippen LogP contribution in [0.4, 0.5) is 0 Å². The van der Waals surface area contributed by atoms with E-state index < -0.39 is 17.9 Å². The number of carboxylic acids is 1. The Bertz CT molecular complexity index is 1160. The number of hydrogen-bond donors (Lipinski definition) is 4. The molecule has 0 aliphatic heterocycles. The topological polar surface area (TPSA) is 150 Å². The summed E-state index contributed by atoms with van der Waals surface area (Å²) in [6.07, 6.45) is -0.244. The number of benzene rings is 2. The van der Waals surface area contributed by atoms with E-state index in [0.717, 1.165) is 0 Å². The molecule has 0 aliphatic rings. The Hall–Kier alpha value is -4.14. The van der Waals surface area contributed by atoms with Crippen molar-refractivity contribution in [3.05, 3.63) is 71.5 Å². The summed E-state index contributed by atoms with van der Waals surface area (Å²) in [5.41, 5.74) is 7.20. The van der Waals surface area contributed by atoms with Crippen LogP contribution >= 0.6 is 0 Å². The van der Waals surface area contributed by atoms with E-state index in [1.54, 1.807) is 55.6 Å². The molecule has 1 aromatic heterocycles. The Labute approximate surface area is 184 Å². The minimum absolute atomic E-state index is 0.0000935. The molecule has 0 bridgehead atoms. The molecule has 0 radical (unpaired) electrons. The first kappa shape index (κ1) is 22.5. The minimum atomic E-state index is -1.02. The average molecular weight is 436 g/mol. The quantitative estimate of drug-likeness (QED) is 0.299. The number of hydrogen-bond acceptors (Lipinski definition) is 5. The largest absolute Gasteiger partial charge is 0.481 e. The molecular formula is C23H24N4O5. The summed E-state index contributed by atoms with van der Waals surface area (Å²) in [6, 6.07) is 14.7. The van der Waals surface area contributed by atoms with Crippen LogP contribution in [0.2, 0.25) is 0 Å². The Morgan fingerprint density at radius 3 is 2.53 bits per heavy atom. The minimum Gasteiger partial charge on any atom is -0.481 e. The van der Waals surface area contributed by atoms with E-state index in [1.165, 1.54) is 4.90 Å². The Morgan fingerprint density at radius 1 is 1.16 bits per heavy atom. The maximum Gasteiger partial charge on any atom is 0.305 e. The highest BCUT2D eigenvalue weighted by Crippen LogP contribution is 2.22. The van der Waals surface area contributed by atoms with Crippen molar-refractivity contribution in [1.82, 2.24) is 10.2 Å². The number of fused-ring (bicyclic) bond motifs is 1. The van der Waals surface area contributed by atoms with Crippen LogP contribution in [-0.4, -0.2) is 47.2 Å². The molecule has 5 N–H and O–H groups in total. The lowest BCUT2D eigenvalue weighted by Gasteiger charge is -2.19. The van der Waals surface area contributed by atoms with Gasteiger partial charge < -0.3 is 25.5 Å². The number of amidine groups is 1. The van der Waals surface area contributed by atoms with Crippen LogP contribution in [0.1, 0.15) is 40.6 Å². The predicted octanol–water partition coefficient (Wildman–Crippen LogP) is 2.51. The number of nitrogens with zero attached hydrogens (tertiary/aromatic N) is 1. The van der Waals surface area contributed by atoms with Crippen molar-refractivity contribution >= 4 is 34.6 Å². The number of carbonyl (C=O) groups is 3. The molecule has 3 rings (SSSR count). The molecule has 0 spiro atoms. The summed E-state index contributed by atoms with van der Waals surface area (Å²) < 4.78 is 5.59. The maximum absolute atomic E-state index is 12.7. The van der Waals surface area contributed by atoms with Gasteiger partial charge in [-0.15, -0.1) is 0 Å². The number of carboxylic acid groups (broad SMARTS) is 1. The van der Waals surface area contributed by atoms with Crippen molar-refractivity contribution in [1.29, 1.82) is 5.41 Å². The zero-order chi connectivity index (χ0) is 23.3. The third kappa shape index (κ3) is 5.51. The van der Waals surface area contributed by atoms with Gasteiger partial charge in [0.2, 0.25) is 5.91 Å². The van der Waals surface area contributed by atoms with Gasteiger partial charge in [0, 0.05) is 31.0 Å². The van der Waals surface area contributed by atoms with Crippen molar-refractivity contribution < 1.29 is 23.9 Å². The monoisotopic (exact) mass is 436 g/mol. The molecule has 1 unspecified atom stereocenters. The molecule has 3 aromatic rings. The second-order valence-electron chi connectivity index (χ2n) is 7.38. The van der Waals surface area contributed by atoms with Crippen LogP contribution in [0.25, 0.3) is 11.0 Å². The molecule has 0 aliphatic carbocycles. The Kier molecular flexibility index (Phi) is 6.89. The number of carbonyl (C=O) groups excluding carboxylic acids is 2. The lowest BCUT2D eigenvalue weighted by molar-refractivity contribution is -0.137. The van der Waals surface area contributed by atoms with E-state index in [9.17, 15) is 14.4 Å². The first-order valence-electron chi connectivity index (χ1n) is 9.94. The third-order valence-corrected chi connectivity index (χ3v) is 4.97. The molecule has 2 amide bonds. The maximum atomic E-state index is 12.7. The first-order valence-corrected chi connectivity index (χ1v) is 9.94. The van der Waals surface area contributed by atoms with Crippen LogP contribution in [0.15, 0.2) is 59.0 Å². The van der Waals surface area contributed by atoms with Crippen LogP contribution in [-0.2, 0) is 9.59 Å². The summed E-state index contributed by atoms with van der Waals surface area (Å²) in [7, 11) is 1.55. The van der Waals surface area contributed by atoms with Gasteiger partial charge in [-0.3, -0.25) is 19.8 Å². The van der Waals surface area contributed by atoms with Crippen LogP contribution in [0, 0.1) is 5.41 Å². The second-order valence-corrected chi connectivity index (χ2v) is 7.38. The van der Waals surface area contributed by atoms with Crippen molar-refractivity contribution in [3.8, 4) is 0 Å². The van der Waals surface area contributed by atoms with E-state index in [-0.39, 0.29) is 36.9 Å². The summed E-state index contributed by atoms with van der Waals surface area (Å²) in [5.74, 6) is -1.76. The van der Waals surface area contributed by atoms with E-state index in [1.807, 2.05) is 6.07 Å². The van der Waals surface area contributed by atoms with Crippen LogP contribution in [0.3, 0.4) is 0 Å². The molecular weight excluding hydrogens is 412 g/mol. The highest BCUT2D eigenvalue weighted by molar-refractivity contribution is 6.00. The molecule has 1 heterocycles. The first-order chi connectivity index (χ1) is 15.2. The number of nitrogen functional groups attached to an aromatic ring is 1. The fourth-order valence-electron chi connectivity index (χ4n) is 3.25. The van der Waals surface area contributed by atoms with E-state index in [4.69, 9.17) is 20.7 Å². The molecule has 32 heavy (non-hydrogen) atoms. The van der Waals surface area contributed by atoms with Crippen LogP contribution in [0.5, 0.6) is 0 Å². The summed E-state index contributed by atoms with van der Waals surface area (Å²) in [4.78, 5) is 37.6. The number of rotatable bonds is 9. The van der Waals surface area contributed by atoms with E-state index in [2.05, 4.69) is 5.32 Å². The Morgan fingerprint density at radius 2 is 1.88 bits per heavy atom. The average Bonchev–Trinajstić information content (AvgIpc) is 3.20. The second kappa shape index (κ2) is 9.78. The lowest BCUT2D eigenvalue weighted by Crippen LogP contribution is -2.34. The molecule has 0 fully saturated rings. The smallest absolute Gasteiger partial charge is 0.305 e. The Balaban J connectivity index is 1.61. The highest BCUT2D eigenvalue weighted by Gasteiger charge is 2.21. The van der Waals surface area contributed by atoms with E-state index in [0.29, 0.717) is 22.1 Å². The van der Waals surface area contributed by atoms with Gasteiger partial charge in [-0.25, -0.2) is 0 Å². The number of nitrogens with one attached hydrogen (secondary N) is 2. The van der Waals surface area contributed by atoms with Gasteiger partial charge in [0.1, 0.15) is 11.4 Å². The summed E-state index contributed by atoms with van der Waals surface area (Å²) in [6.45, 7) is 0.120.